The average Bonchev–Trinajstić information content (AvgIpc) is 3.01. The Hall–Kier alpha value is -1.80. The average molecular weight is 267 g/mol. The molecule has 0 spiro atoms. The number of nitrogens with one attached hydrogen (secondary N) is 1. The quantitative estimate of drug-likeness (QED) is 0.888. The molecule has 1 aliphatic rings. The van der Waals surface area contributed by atoms with Crippen LogP contribution in [-0.4, -0.2) is 6.04 Å². The van der Waals surface area contributed by atoms with E-state index in [1.165, 1.54) is 36.8 Å². The predicted molar refractivity (Wildman–Crippen MR) is 82.2 cm³/mol. The van der Waals surface area contributed by atoms with Gasteiger partial charge in [0.25, 0.3) is 0 Å². The van der Waals surface area contributed by atoms with Crippen LogP contribution in [0.3, 0.4) is 0 Å². The Morgan fingerprint density at radius 3 is 2.80 bits per heavy atom. The molecule has 0 saturated heterocycles. The molecule has 104 valence electrons. The Morgan fingerprint density at radius 2 is 2.00 bits per heavy atom. The van der Waals surface area contributed by atoms with E-state index in [0.29, 0.717) is 6.04 Å². The molecule has 0 aliphatic heterocycles. The second-order valence-electron chi connectivity index (χ2n) is 5.39. The van der Waals surface area contributed by atoms with Gasteiger partial charge in [-0.2, -0.15) is 0 Å². The Morgan fingerprint density at radius 1 is 1.10 bits per heavy atom. The van der Waals surface area contributed by atoms with Gasteiger partial charge in [0, 0.05) is 6.04 Å². The number of benzene rings is 1. The molecule has 1 fully saturated rings. The Balaban J connectivity index is 1.69. The summed E-state index contributed by atoms with van der Waals surface area (Å²) in [7, 11) is 0. The van der Waals surface area contributed by atoms with Gasteiger partial charge in [-0.1, -0.05) is 48.4 Å². The van der Waals surface area contributed by atoms with E-state index in [-0.39, 0.29) is 0 Å². The molecule has 1 N–H and O–H groups in total. The lowest BCUT2D eigenvalue weighted by Gasteiger charge is -2.26. The van der Waals surface area contributed by atoms with Crippen molar-refractivity contribution in [1.29, 1.82) is 0 Å². The molecule has 1 heterocycles. The van der Waals surface area contributed by atoms with E-state index >= 15 is 0 Å². The molecule has 3 rings (SSSR count). The molecule has 1 saturated carbocycles. The van der Waals surface area contributed by atoms with Crippen molar-refractivity contribution in [2.45, 2.75) is 38.3 Å². The highest BCUT2D eigenvalue weighted by molar-refractivity contribution is 5.54. The van der Waals surface area contributed by atoms with E-state index in [1.54, 1.807) is 6.26 Å². The summed E-state index contributed by atoms with van der Waals surface area (Å²) in [6.07, 6.45) is 9.11. The van der Waals surface area contributed by atoms with Crippen LogP contribution in [-0.2, 0) is 6.54 Å². The van der Waals surface area contributed by atoms with Gasteiger partial charge in [-0.25, -0.2) is 0 Å². The lowest BCUT2D eigenvalue weighted by atomic mass is 9.88. The third-order valence-corrected chi connectivity index (χ3v) is 3.91. The minimum atomic E-state index is 0.481. The zero-order valence-electron chi connectivity index (χ0n) is 11.7. The zero-order chi connectivity index (χ0) is 13.6. The Labute approximate surface area is 120 Å². The van der Waals surface area contributed by atoms with Crippen molar-refractivity contribution in [1.82, 2.24) is 5.32 Å². The van der Waals surface area contributed by atoms with Crippen molar-refractivity contribution in [2.24, 2.45) is 0 Å². The molecule has 1 aromatic carbocycles. The molecule has 2 aromatic rings. The maximum absolute atomic E-state index is 5.40. The van der Waals surface area contributed by atoms with Crippen molar-refractivity contribution >= 4 is 6.08 Å². The van der Waals surface area contributed by atoms with Crippen molar-refractivity contribution in [3.63, 3.8) is 0 Å². The lowest BCUT2D eigenvalue weighted by molar-refractivity contribution is 0.420. The predicted octanol–water partition coefficient (Wildman–Crippen LogP) is 4.40. The normalized spacial score (nSPS) is 21.2. The van der Waals surface area contributed by atoms with Crippen molar-refractivity contribution in [2.75, 3.05) is 0 Å². The topological polar surface area (TPSA) is 25.2 Å². The van der Waals surface area contributed by atoms with Crippen LogP contribution in [0.1, 0.15) is 37.0 Å². The zero-order valence-corrected chi connectivity index (χ0v) is 11.7. The first-order valence-corrected chi connectivity index (χ1v) is 7.43. The van der Waals surface area contributed by atoms with E-state index < -0.39 is 0 Å². The number of hydrogen-bond donors (Lipinski definition) is 1. The van der Waals surface area contributed by atoms with Crippen molar-refractivity contribution < 1.29 is 4.42 Å². The highest BCUT2D eigenvalue weighted by Crippen LogP contribution is 2.26. The largest absolute Gasteiger partial charge is 0.468 e. The van der Waals surface area contributed by atoms with Crippen LogP contribution in [0.5, 0.6) is 0 Å². The van der Waals surface area contributed by atoms with E-state index in [4.69, 9.17) is 4.42 Å². The molecule has 0 amide bonds. The summed E-state index contributed by atoms with van der Waals surface area (Å²) in [4.78, 5) is 0. The molecule has 0 bridgehead atoms. The third kappa shape index (κ3) is 3.40. The number of hydrogen-bond acceptors (Lipinski definition) is 2. The second-order valence-corrected chi connectivity index (χ2v) is 5.39. The highest BCUT2D eigenvalue weighted by Gasteiger charge is 2.18. The second kappa shape index (κ2) is 6.58. The number of rotatable bonds is 4. The van der Waals surface area contributed by atoms with Crippen LogP contribution in [0.25, 0.3) is 6.08 Å². The van der Waals surface area contributed by atoms with E-state index in [0.717, 1.165) is 12.3 Å². The highest BCUT2D eigenvalue weighted by atomic mass is 16.3. The summed E-state index contributed by atoms with van der Waals surface area (Å²) in [6, 6.07) is 15.1. The van der Waals surface area contributed by atoms with Gasteiger partial charge >= 0.3 is 0 Å². The van der Waals surface area contributed by atoms with Crippen molar-refractivity contribution in [3.05, 3.63) is 65.6 Å². The molecular formula is C18H21NO. The van der Waals surface area contributed by atoms with Crippen LogP contribution >= 0.6 is 0 Å². The van der Waals surface area contributed by atoms with Crippen LogP contribution < -0.4 is 5.32 Å². The first-order chi connectivity index (χ1) is 9.92. The van der Waals surface area contributed by atoms with Gasteiger partial charge in [-0.15, -0.1) is 0 Å². The molecule has 1 atom stereocenters. The summed E-state index contributed by atoms with van der Waals surface area (Å²) in [5.41, 5.74) is 2.82. The summed E-state index contributed by atoms with van der Waals surface area (Å²) in [6.45, 7) is 0.809. The fourth-order valence-electron chi connectivity index (χ4n) is 2.84. The third-order valence-electron chi connectivity index (χ3n) is 3.91. The van der Waals surface area contributed by atoms with Gasteiger partial charge in [0.05, 0.1) is 12.8 Å². The standard InChI is InChI=1S/C18H21NO/c1-2-7-15(8-3-1)13-16-9-4-5-11-18(16)19-14-17-10-6-12-20-17/h1-3,6-8,10,12-13,18-19H,4-5,9,11,14H2. The van der Waals surface area contributed by atoms with Gasteiger partial charge < -0.3 is 9.73 Å². The van der Waals surface area contributed by atoms with Crippen LogP contribution in [0, 0.1) is 0 Å². The maximum atomic E-state index is 5.40. The molecule has 20 heavy (non-hydrogen) atoms. The monoisotopic (exact) mass is 267 g/mol. The minimum Gasteiger partial charge on any atom is -0.468 e. The minimum absolute atomic E-state index is 0.481. The van der Waals surface area contributed by atoms with E-state index in [9.17, 15) is 0 Å². The Kier molecular flexibility index (Phi) is 4.34. The van der Waals surface area contributed by atoms with Gasteiger partial charge in [0.2, 0.25) is 0 Å². The first-order valence-electron chi connectivity index (χ1n) is 7.43. The first kappa shape index (κ1) is 13.2. The van der Waals surface area contributed by atoms with Gasteiger partial charge in [0.1, 0.15) is 5.76 Å². The molecule has 2 nitrogen and oxygen atoms in total. The molecular weight excluding hydrogens is 246 g/mol. The van der Waals surface area contributed by atoms with Crippen molar-refractivity contribution in [3.8, 4) is 0 Å². The molecule has 1 unspecified atom stereocenters. The summed E-state index contributed by atoms with van der Waals surface area (Å²) in [5, 5.41) is 3.63. The fraction of sp³-hybridized carbons (Fsp3) is 0.333. The fourth-order valence-corrected chi connectivity index (χ4v) is 2.84. The van der Waals surface area contributed by atoms with Crippen LogP contribution in [0.4, 0.5) is 0 Å². The maximum Gasteiger partial charge on any atom is 0.117 e. The molecule has 1 aliphatic carbocycles. The summed E-state index contributed by atoms with van der Waals surface area (Å²) in [5.74, 6) is 1.01. The van der Waals surface area contributed by atoms with Crippen LogP contribution in [0.2, 0.25) is 0 Å². The molecule has 1 aromatic heterocycles. The van der Waals surface area contributed by atoms with Crippen LogP contribution in [0.15, 0.2) is 58.7 Å². The van der Waals surface area contributed by atoms with Gasteiger partial charge in [0.15, 0.2) is 0 Å². The molecule has 2 heteroatoms. The smallest absolute Gasteiger partial charge is 0.117 e. The van der Waals surface area contributed by atoms with Gasteiger partial charge in [-0.3, -0.25) is 0 Å². The SMILES string of the molecule is C(=C1CCCCC1NCc1ccco1)c1ccccc1. The summed E-state index contributed by atoms with van der Waals surface area (Å²) >= 11 is 0. The number of furan rings is 1. The van der Waals surface area contributed by atoms with Gasteiger partial charge in [-0.05, 0) is 37.0 Å². The summed E-state index contributed by atoms with van der Waals surface area (Å²) < 4.78 is 5.40. The lowest BCUT2D eigenvalue weighted by Crippen LogP contribution is -2.32. The van der Waals surface area contributed by atoms with E-state index in [1.807, 2.05) is 12.1 Å². The molecule has 0 radical (unpaired) electrons. The van der Waals surface area contributed by atoms with E-state index in [2.05, 4.69) is 41.7 Å². The Bertz CT molecular complexity index is 542.